The van der Waals surface area contributed by atoms with Crippen LogP contribution in [0.1, 0.15) is 48.0 Å². The van der Waals surface area contributed by atoms with Crippen molar-refractivity contribution in [1.82, 2.24) is 14.9 Å². The third kappa shape index (κ3) is 6.92. The summed E-state index contributed by atoms with van der Waals surface area (Å²) in [6.45, 7) is 6.33. The van der Waals surface area contributed by atoms with Gasteiger partial charge >= 0.3 is 12.1 Å². The van der Waals surface area contributed by atoms with Crippen molar-refractivity contribution in [3.63, 3.8) is 0 Å². The van der Waals surface area contributed by atoms with Crippen LogP contribution in [0.3, 0.4) is 0 Å². The highest BCUT2D eigenvalue weighted by Crippen LogP contribution is 2.27. The molecule has 0 aliphatic carbocycles. The Labute approximate surface area is 221 Å². The molecule has 0 aliphatic heterocycles. The average molecular weight is 518 g/mol. The molecular weight excluding hydrogens is 486 g/mol. The van der Waals surface area contributed by atoms with E-state index in [2.05, 4.69) is 40.2 Å². The number of hydrogen-bond donors (Lipinski definition) is 1. The maximum atomic E-state index is 12.2. The molecule has 0 spiro atoms. The number of amides is 1. The lowest BCUT2D eigenvalue weighted by molar-refractivity contribution is 0.0521. The number of benzene rings is 3. The maximum Gasteiger partial charge on any atom is 0.407 e. The van der Waals surface area contributed by atoms with Crippen LogP contribution in [0.2, 0.25) is 0 Å². The van der Waals surface area contributed by atoms with Gasteiger partial charge in [-0.1, -0.05) is 72.4 Å². The molecule has 0 radical (unpaired) electrons. The Bertz CT molecular complexity index is 1400. The van der Waals surface area contributed by atoms with Crippen LogP contribution in [0, 0.1) is 0 Å². The first-order valence-electron chi connectivity index (χ1n) is 12.0. The molecule has 1 aromatic heterocycles. The zero-order chi connectivity index (χ0) is 26.4. The molecule has 37 heavy (non-hydrogen) atoms. The van der Waals surface area contributed by atoms with E-state index < -0.39 is 11.7 Å². The van der Waals surface area contributed by atoms with Crippen LogP contribution >= 0.6 is 11.8 Å². The second-order valence-corrected chi connectivity index (χ2v) is 10.5. The Morgan fingerprint density at radius 2 is 1.68 bits per heavy atom. The second-order valence-electron chi connectivity index (χ2n) is 9.57. The topological polar surface area (TPSA) is 82.4 Å². The fourth-order valence-electron chi connectivity index (χ4n) is 3.95. The molecule has 0 aliphatic rings. The molecular formula is C29H31N3O4S. The molecule has 0 atom stereocenters. The highest BCUT2D eigenvalue weighted by Gasteiger charge is 2.18. The molecule has 1 heterocycles. The zero-order valence-corrected chi connectivity index (χ0v) is 22.3. The first kappa shape index (κ1) is 26.3. The van der Waals surface area contributed by atoms with Crippen molar-refractivity contribution in [2.75, 3.05) is 7.11 Å². The van der Waals surface area contributed by atoms with Gasteiger partial charge in [-0.2, -0.15) is 0 Å². The van der Waals surface area contributed by atoms with Crippen LogP contribution in [-0.4, -0.2) is 34.3 Å². The van der Waals surface area contributed by atoms with Gasteiger partial charge in [0, 0.05) is 11.9 Å². The van der Waals surface area contributed by atoms with E-state index in [1.807, 2.05) is 57.3 Å². The van der Waals surface area contributed by atoms with E-state index in [0.29, 0.717) is 17.9 Å². The molecule has 0 saturated heterocycles. The second kappa shape index (κ2) is 11.5. The summed E-state index contributed by atoms with van der Waals surface area (Å²) in [5.41, 5.74) is 2.71. The number of alkyl carbamates (subject to hydrolysis) is 1. The lowest BCUT2D eigenvalue weighted by Gasteiger charge is -2.19. The van der Waals surface area contributed by atoms with E-state index in [4.69, 9.17) is 14.5 Å². The number of aromatic nitrogens is 2. The lowest BCUT2D eigenvalue weighted by Crippen LogP contribution is -2.32. The third-order valence-electron chi connectivity index (χ3n) is 5.60. The lowest BCUT2D eigenvalue weighted by atomic mass is 10.0. The van der Waals surface area contributed by atoms with Gasteiger partial charge in [0.1, 0.15) is 5.60 Å². The Balaban J connectivity index is 1.59. The fraction of sp³-hybridized carbons (Fsp3) is 0.276. The monoisotopic (exact) mass is 517 g/mol. The summed E-state index contributed by atoms with van der Waals surface area (Å²) in [6.07, 6.45) is 1.46. The minimum atomic E-state index is -0.578. The molecule has 0 fully saturated rings. The predicted molar refractivity (Wildman–Crippen MR) is 146 cm³/mol. The van der Waals surface area contributed by atoms with Gasteiger partial charge in [0.05, 0.1) is 31.5 Å². The number of nitrogens with one attached hydrogen (secondary N) is 1. The van der Waals surface area contributed by atoms with E-state index in [0.717, 1.165) is 16.4 Å². The number of hydrogen-bond acceptors (Lipinski definition) is 6. The molecule has 192 valence electrons. The van der Waals surface area contributed by atoms with Crippen molar-refractivity contribution in [2.24, 2.45) is 0 Å². The smallest absolute Gasteiger partial charge is 0.407 e. The summed E-state index contributed by atoms with van der Waals surface area (Å²) in [6, 6.07) is 22.0. The fourth-order valence-corrected chi connectivity index (χ4v) is 4.95. The number of fused-ring (bicyclic) bond motifs is 1. The summed E-state index contributed by atoms with van der Waals surface area (Å²) in [4.78, 5) is 29.2. The van der Waals surface area contributed by atoms with Gasteiger partial charge < -0.3 is 19.4 Å². The van der Waals surface area contributed by atoms with Crippen molar-refractivity contribution in [3.8, 4) is 0 Å². The Kier molecular flexibility index (Phi) is 8.18. The minimum absolute atomic E-state index is 0.240. The Hall–Kier alpha value is -3.78. The SMILES string of the molecule is COC(=O)c1ccccc1CSc1nc(CNC(=O)OC(C)(C)C)cn1Cc1cccc2ccccc12. The largest absolute Gasteiger partial charge is 0.465 e. The highest BCUT2D eigenvalue weighted by atomic mass is 32.2. The van der Waals surface area contributed by atoms with Crippen molar-refractivity contribution >= 4 is 34.6 Å². The van der Waals surface area contributed by atoms with Gasteiger partial charge in [0.2, 0.25) is 0 Å². The molecule has 4 rings (SSSR count). The Morgan fingerprint density at radius 3 is 2.46 bits per heavy atom. The van der Waals surface area contributed by atoms with E-state index in [1.165, 1.54) is 35.2 Å². The summed E-state index contributed by atoms with van der Waals surface area (Å²) < 4.78 is 12.4. The van der Waals surface area contributed by atoms with Crippen LogP contribution in [0.5, 0.6) is 0 Å². The van der Waals surface area contributed by atoms with Crippen LogP contribution in [0.15, 0.2) is 78.1 Å². The van der Waals surface area contributed by atoms with Gasteiger partial charge in [0.25, 0.3) is 0 Å². The normalized spacial score (nSPS) is 11.4. The molecule has 4 aromatic rings. The predicted octanol–water partition coefficient (Wildman–Crippen LogP) is 6.19. The quantitative estimate of drug-likeness (QED) is 0.222. The van der Waals surface area contributed by atoms with Crippen LogP contribution in [0.25, 0.3) is 10.8 Å². The summed E-state index contributed by atoms with van der Waals surface area (Å²) in [5.74, 6) is 0.175. The van der Waals surface area contributed by atoms with E-state index in [1.54, 1.807) is 6.07 Å². The minimum Gasteiger partial charge on any atom is -0.465 e. The van der Waals surface area contributed by atoms with E-state index in [-0.39, 0.29) is 12.5 Å². The first-order chi connectivity index (χ1) is 17.7. The van der Waals surface area contributed by atoms with E-state index in [9.17, 15) is 9.59 Å². The zero-order valence-electron chi connectivity index (χ0n) is 21.5. The first-order valence-corrected chi connectivity index (χ1v) is 13.0. The molecule has 3 aromatic carbocycles. The molecule has 1 N–H and O–H groups in total. The number of rotatable bonds is 8. The highest BCUT2D eigenvalue weighted by molar-refractivity contribution is 7.98. The molecule has 8 heteroatoms. The van der Waals surface area contributed by atoms with Gasteiger partial charge in [-0.3, -0.25) is 0 Å². The summed E-state index contributed by atoms with van der Waals surface area (Å²) >= 11 is 1.53. The van der Waals surface area contributed by atoms with Crippen LogP contribution in [-0.2, 0) is 28.3 Å². The number of imidazole rings is 1. The molecule has 0 saturated carbocycles. The molecule has 7 nitrogen and oxygen atoms in total. The van der Waals surface area contributed by atoms with Crippen molar-refractivity contribution in [1.29, 1.82) is 0 Å². The van der Waals surface area contributed by atoms with Gasteiger partial charge in [0.15, 0.2) is 5.16 Å². The van der Waals surface area contributed by atoms with Gasteiger partial charge in [-0.05, 0) is 48.7 Å². The number of carbonyl (C=O) groups is 2. The van der Waals surface area contributed by atoms with Gasteiger partial charge in [-0.25, -0.2) is 14.6 Å². The molecule has 0 bridgehead atoms. The number of ether oxygens (including phenoxy) is 2. The molecule has 1 amide bonds. The van der Waals surface area contributed by atoms with Crippen LogP contribution in [0.4, 0.5) is 4.79 Å². The van der Waals surface area contributed by atoms with Crippen molar-refractivity contribution in [3.05, 3.63) is 95.3 Å². The van der Waals surface area contributed by atoms with Crippen molar-refractivity contribution in [2.45, 2.75) is 50.4 Å². The number of methoxy groups -OCH3 is 1. The average Bonchev–Trinajstić information content (AvgIpc) is 3.26. The van der Waals surface area contributed by atoms with E-state index >= 15 is 0 Å². The van der Waals surface area contributed by atoms with Gasteiger partial charge in [-0.15, -0.1) is 0 Å². The standard InChI is InChI=1S/C29H31N3O4S/c1-29(2,3)36-28(34)30-16-23-18-32(17-21-13-9-12-20-10-5-7-14-24(20)21)27(31-23)37-19-22-11-6-8-15-25(22)26(33)35-4/h5-15,18H,16-17,19H2,1-4H3,(H,30,34). The number of esters is 1. The Morgan fingerprint density at radius 1 is 0.973 bits per heavy atom. The third-order valence-corrected chi connectivity index (χ3v) is 6.64. The summed E-state index contributed by atoms with van der Waals surface area (Å²) in [5, 5.41) is 5.93. The van der Waals surface area contributed by atoms with Crippen LogP contribution < -0.4 is 5.32 Å². The maximum absolute atomic E-state index is 12.2. The summed E-state index contributed by atoms with van der Waals surface area (Å²) in [7, 11) is 1.38. The number of thioether (sulfide) groups is 1. The molecule has 0 unspecified atom stereocenters. The number of carbonyl (C=O) groups excluding carboxylic acids is 2. The van der Waals surface area contributed by atoms with Crippen molar-refractivity contribution < 1.29 is 19.1 Å². The number of nitrogens with zero attached hydrogens (tertiary/aromatic N) is 2.